The SMILES string of the molecule is CC(C(=O)Nc1ccc(CCN2CCOCC2)cc1)n1ccnc1. The second kappa shape index (κ2) is 8.08. The Hall–Kier alpha value is -2.18. The van der Waals surface area contributed by atoms with Gasteiger partial charge in [0.25, 0.3) is 0 Å². The Balaban J connectivity index is 1.49. The number of benzene rings is 1. The Kier molecular flexibility index (Phi) is 5.61. The lowest BCUT2D eigenvalue weighted by Gasteiger charge is -2.26. The average molecular weight is 328 g/mol. The van der Waals surface area contributed by atoms with Crippen LogP contribution in [0.4, 0.5) is 5.69 Å². The van der Waals surface area contributed by atoms with Gasteiger partial charge in [-0.15, -0.1) is 0 Å². The maximum Gasteiger partial charge on any atom is 0.247 e. The number of imidazole rings is 1. The van der Waals surface area contributed by atoms with Gasteiger partial charge < -0.3 is 14.6 Å². The first kappa shape index (κ1) is 16.7. The van der Waals surface area contributed by atoms with E-state index in [-0.39, 0.29) is 11.9 Å². The molecule has 1 aromatic heterocycles. The smallest absolute Gasteiger partial charge is 0.247 e. The predicted molar refractivity (Wildman–Crippen MR) is 93.0 cm³/mol. The van der Waals surface area contributed by atoms with E-state index in [4.69, 9.17) is 4.74 Å². The Morgan fingerprint density at radius 1 is 1.29 bits per heavy atom. The van der Waals surface area contributed by atoms with Crippen molar-refractivity contribution in [1.29, 1.82) is 0 Å². The van der Waals surface area contributed by atoms with Gasteiger partial charge >= 0.3 is 0 Å². The van der Waals surface area contributed by atoms with Gasteiger partial charge in [-0.25, -0.2) is 4.98 Å². The van der Waals surface area contributed by atoms with Gasteiger partial charge in [0.2, 0.25) is 5.91 Å². The highest BCUT2D eigenvalue weighted by atomic mass is 16.5. The molecule has 1 N–H and O–H groups in total. The van der Waals surface area contributed by atoms with E-state index in [1.54, 1.807) is 23.3 Å². The molecule has 2 heterocycles. The number of amides is 1. The number of hydrogen-bond donors (Lipinski definition) is 1. The first-order valence-corrected chi connectivity index (χ1v) is 8.40. The normalized spacial score (nSPS) is 16.7. The summed E-state index contributed by atoms with van der Waals surface area (Å²) in [5, 5.41) is 2.95. The van der Waals surface area contributed by atoms with Crippen LogP contribution in [0.15, 0.2) is 43.0 Å². The molecule has 1 saturated heterocycles. The van der Waals surface area contributed by atoms with Crippen LogP contribution < -0.4 is 5.32 Å². The summed E-state index contributed by atoms with van der Waals surface area (Å²) in [6.07, 6.45) is 6.13. The summed E-state index contributed by atoms with van der Waals surface area (Å²) < 4.78 is 7.15. The summed E-state index contributed by atoms with van der Waals surface area (Å²) in [4.78, 5) is 18.6. The third-order valence-corrected chi connectivity index (χ3v) is 4.39. The summed E-state index contributed by atoms with van der Waals surface area (Å²) in [5.74, 6) is -0.0472. The lowest BCUT2D eigenvalue weighted by molar-refractivity contribution is -0.118. The molecule has 6 nitrogen and oxygen atoms in total. The minimum absolute atomic E-state index is 0.0472. The molecule has 1 amide bonds. The van der Waals surface area contributed by atoms with Crippen LogP contribution in [0.25, 0.3) is 0 Å². The van der Waals surface area contributed by atoms with E-state index in [2.05, 4.69) is 27.3 Å². The third kappa shape index (κ3) is 4.43. The van der Waals surface area contributed by atoms with Crippen LogP contribution in [0, 0.1) is 0 Å². The van der Waals surface area contributed by atoms with Gasteiger partial charge in [0, 0.05) is 37.7 Å². The van der Waals surface area contributed by atoms with Crippen LogP contribution in [-0.2, 0) is 16.0 Å². The van der Waals surface area contributed by atoms with Crippen LogP contribution in [0.1, 0.15) is 18.5 Å². The molecule has 128 valence electrons. The van der Waals surface area contributed by atoms with Crippen molar-refractivity contribution in [3.8, 4) is 0 Å². The molecule has 0 aliphatic carbocycles. The summed E-state index contributed by atoms with van der Waals surface area (Å²) in [6.45, 7) is 6.60. The Bertz CT molecular complexity index is 634. The van der Waals surface area contributed by atoms with Gasteiger partial charge in [0.15, 0.2) is 0 Å². The second-order valence-corrected chi connectivity index (χ2v) is 6.08. The Labute approximate surface area is 142 Å². The molecule has 1 atom stereocenters. The number of hydrogen-bond acceptors (Lipinski definition) is 4. The number of morpholine rings is 1. The van der Waals surface area contributed by atoms with Gasteiger partial charge in [0.1, 0.15) is 6.04 Å². The molecule has 1 aromatic carbocycles. The number of ether oxygens (including phenoxy) is 1. The highest BCUT2D eigenvalue weighted by Gasteiger charge is 2.14. The predicted octanol–water partition coefficient (Wildman–Crippen LogP) is 1.96. The Morgan fingerprint density at radius 2 is 2.04 bits per heavy atom. The van der Waals surface area contributed by atoms with Gasteiger partial charge in [-0.2, -0.15) is 0 Å². The molecular formula is C18H24N4O2. The lowest BCUT2D eigenvalue weighted by Crippen LogP contribution is -2.37. The number of nitrogens with one attached hydrogen (secondary N) is 1. The molecule has 0 saturated carbocycles. The molecule has 3 rings (SSSR count). The van der Waals surface area contributed by atoms with Crippen molar-refractivity contribution >= 4 is 11.6 Å². The highest BCUT2D eigenvalue weighted by Crippen LogP contribution is 2.14. The monoisotopic (exact) mass is 328 g/mol. The summed E-state index contributed by atoms with van der Waals surface area (Å²) >= 11 is 0. The quantitative estimate of drug-likeness (QED) is 0.881. The molecule has 1 aliphatic heterocycles. The minimum Gasteiger partial charge on any atom is -0.379 e. The molecule has 0 spiro atoms. The number of rotatable bonds is 6. The fraction of sp³-hybridized carbons (Fsp3) is 0.444. The molecule has 6 heteroatoms. The van der Waals surface area contributed by atoms with E-state index < -0.39 is 0 Å². The van der Waals surface area contributed by atoms with Crippen molar-refractivity contribution in [2.45, 2.75) is 19.4 Å². The van der Waals surface area contributed by atoms with Crippen molar-refractivity contribution < 1.29 is 9.53 Å². The maximum atomic E-state index is 12.2. The van der Waals surface area contributed by atoms with Gasteiger partial charge in [-0.05, 0) is 31.0 Å². The summed E-state index contributed by atoms with van der Waals surface area (Å²) in [6, 6.07) is 7.81. The first-order valence-electron chi connectivity index (χ1n) is 8.40. The molecule has 0 radical (unpaired) electrons. The first-order chi connectivity index (χ1) is 11.7. The number of carbonyl (C=O) groups is 1. The molecule has 2 aromatic rings. The van der Waals surface area contributed by atoms with Crippen molar-refractivity contribution in [1.82, 2.24) is 14.5 Å². The highest BCUT2D eigenvalue weighted by molar-refractivity contribution is 5.93. The molecule has 1 unspecified atom stereocenters. The van der Waals surface area contributed by atoms with E-state index >= 15 is 0 Å². The number of anilines is 1. The molecular weight excluding hydrogens is 304 g/mol. The zero-order valence-electron chi connectivity index (χ0n) is 14.0. The van der Waals surface area contributed by atoms with E-state index in [1.807, 2.05) is 19.1 Å². The summed E-state index contributed by atoms with van der Waals surface area (Å²) in [5.41, 5.74) is 2.10. The van der Waals surface area contributed by atoms with Crippen LogP contribution >= 0.6 is 0 Å². The zero-order chi connectivity index (χ0) is 16.8. The van der Waals surface area contributed by atoms with Crippen molar-refractivity contribution in [3.05, 3.63) is 48.5 Å². The number of carbonyl (C=O) groups excluding carboxylic acids is 1. The van der Waals surface area contributed by atoms with Crippen molar-refractivity contribution in [2.24, 2.45) is 0 Å². The fourth-order valence-corrected chi connectivity index (χ4v) is 2.75. The van der Waals surface area contributed by atoms with Crippen LogP contribution in [0.3, 0.4) is 0 Å². The lowest BCUT2D eigenvalue weighted by atomic mass is 10.1. The van der Waals surface area contributed by atoms with Crippen LogP contribution in [0.5, 0.6) is 0 Å². The minimum atomic E-state index is -0.284. The standard InChI is InChI=1S/C18H24N4O2/c1-15(22-9-7-19-14-22)18(23)20-17-4-2-16(3-5-17)6-8-21-10-12-24-13-11-21/h2-5,7,9,14-15H,6,8,10-13H2,1H3,(H,20,23). The molecule has 24 heavy (non-hydrogen) atoms. The van der Waals surface area contributed by atoms with Crippen molar-refractivity contribution in [3.63, 3.8) is 0 Å². The third-order valence-electron chi connectivity index (χ3n) is 4.39. The van der Waals surface area contributed by atoms with Crippen molar-refractivity contribution in [2.75, 3.05) is 38.2 Å². The van der Waals surface area contributed by atoms with Gasteiger partial charge in [0.05, 0.1) is 19.5 Å². The topological polar surface area (TPSA) is 59.4 Å². The van der Waals surface area contributed by atoms with E-state index in [1.165, 1.54) is 5.56 Å². The fourth-order valence-electron chi connectivity index (χ4n) is 2.75. The van der Waals surface area contributed by atoms with Gasteiger partial charge in [-0.3, -0.25) is 9.69 Å². The van der Waals surface area contributed by atoms with E-state index in [9.17, 15) is 4.79 Å². The van der Waals surface area contributed by atoms with E-state index in [0.717, 1.165) is 45.0 Å². The summed E-state index contributed by atoms with van der Waals surface area (Å²) in [7, 11) is 0. The van der Waals surface area contributed by atoms with Crippen LogP contribution in [-0.4, -0.2) is 53.2 Å². The maximum absolute atomic E-state index is 12.2. The molecule has 0 bridgehead atoms. The number of nitrogens with zero attached hydrogens (tertiary/aromatic N) is 3. The van der Waals surface area contributed by atoms with E-state index in [0.29, 0.717) is 0 Å². The second-order valence-electron chi connectivity index (χ2n) is 6.08. The zero-order valence-corrected chi connectivity index (χ0v) is 14.0. The Morgan fingerprint density at radius 3 is 2.71 bits per heavy atom. The molecule has 1 fully saturated rings. The molecule has 1 aliphatic rings. The van der Waals surface area contributed by atoms with Gasteiger partial charge in [-0.1, -0.05) is 12.1 Å². The number of aromatic nitrogens is 2. The largest absolute Gasteiger partial charge is 0.379 e. The average Bonchev–Trinajstić information content (AvgIpc) is 3.16. The van der Waals surface area contributed by atoms with Crippen LogP contribution in [0.2, 0.25) is 0 Å².